The van der Waals surface area contributed by atoms with Gasteiger partial charge in [0.1, 0.15) is 20.8 Å². The number of hydrogen-bond acceptors (Lipinski definition) is 7. The first-order chi connectivity index (χ1) is 24.8. The van der Waals surface area contributed by atoms with Crippen LogP contribution in [0.3, 0.4) is 0 Å². The summed E-state index contributed by atoms with van der Waals surface area (Å²) in [6.45, 7) is -0.520. The molecule has 1 saturated carbocycles. The summed E-state index contributed by atoms with van der Waals surface area (Å²) >= 11 is 6.83. The lowest BCUT2D eigenvalue weighted by atomic mass is 9.95. The van der Waals surface area contributed by atoms with Crippen LogP contribution in [0.25, 0.3) is 22.6 Å². The lowest BCUT2D eigenvalue weighted by Crippen LogP contribution is -2.35. The minimum Gasteiger partial charge on any atom is -0.480 e. The van der Waals surface area contributed by atoms with E-state index in [2.05, 4.69) is 109 Å². The normalized spacial score (nSPS) is 20.9. The average molecular weight is 730 g/mol. The summed E-state index contributed by atoms with van der Waals surface area (Å²) in [6, 6.07) is 36.5. The highest BCUT2D eigenvalue weighted by Crippen LogP contribution is 2.52. The summed E-state index contributed by atoms with van der Waals surface area (Å²) in [4.78, 5) is 42.5. The molecule has 1 saturated heterocycles. The number of aromatic nitrogens is 1. The molecule has 1 aliphatic carbocycles. The number of amides is 1. The first-order valence-electron chi connectivity index (χ1n) is 16.9. The fourth-order valence-corrected chi connectivity index (χ4v) is 10.2. The van der Waals surface area contributed by atoms with Gasteiger partial charge in [0.2, 0.25) is 0 Å². The van der Waals surface area contributed by atoms with Gasteiger partial charge in [0.15, 0.2) is 0 Å². The lowest BCUT2D eigenvalue weighted by molar-refractivity contribution is -0.137. The number of nitrogens with zero attached hydrogens (tertiary/aromatic N) is 3. The molecule has 2 aliphatic heterocycles. The molecule has 2 fully saturated rings. The number of aliphatic carboxylic acids is 1. The molecule has 8 rings (SSSR count). The number of carboxylic acid groups (broad SMARTS) is 1. The summed E-state index contributed by atoms with van der Waals surface area (Å²) in [5.74, 6) is -1.03. The Morgan fingerprint density at radius 1 is 0.902 bits per heavy atom. The summed E-state index contributed by atoms with van der Waals surface area (Å²) in [5, 5.41) is 9.59. The maximum absolute atomic E-state index is 13.6. The van der Waals surface area contributed by atoms with Crippen LogP contribution in [0.4, 0.5) is 11.4 Å². The fourth-order valence-electron chi connectivity index (χ4n) is 7.52. The Morgan fingerprint density at radius 3 is 2.20 bits per heavy atom. The van der Waals surface area contributed by atoms with Gasteiger partial charge in [-0.2, -0.15) is 0 Å². The van der Waals surface area contributed by atoms with Crippen LogP contribution >= 0.6 is 35.7 Å². The van der Waals surface area contributed by atoms with Gasteiger partial charge in [-0.25, -0.2) is 0 Å². The van der Waals surface area contributed by atoms with Crippen molar-refractivity contribution in [1.29, 1.82) is 0 Å². The number of rotatable bonds is 7. The van der Waals surface area contributed by atoms with E-state index >= 15 is 0 Å². The van der Waals surface area contributed by atoms with Gasteiger partial charge in [0.05, 0.1) is 4.53 Å². The van der Waals surface area contributed by atoms with Crippen molar-refractivity contribution in [2.45, 2.75) is 42.5 Å². The molecular formula is C41H35N3O4S3. The third-order valence-electron chi connectivity index (χ3n) is 9.94. The molecule has 3 atom stereocenters. The largest absolute Gasteiger partial charge is 0.480 e. The van der Waals surface area contributed by atoms with Crippen molar-refractivity contribution in [3.05, 3.63) is 150 Å². The highest BCUT2D eigenvalue weighted by molar-refractivity contribution is 8.18. The quantitative estimate of drug-likeness (QED) is 0.143. The first-order valence-corrected chi connectivity index (χ1v) is 19.1. The summed E-state index contributed by atoms with van der Waals surface area (Å²) in [6.07, 6.45) is 7.43. The third-order valence-corrected chi connectivity index (χ3v) is 13.0. The SMILES string of the molecule is CN1C(=O)/C(=c2\s/c(=C/c3ccc4c(c3)C3CCCC3N4c3ccc(C=C(c4ccccc4)c4ccccc4)cc3)c(=O)n2CC(=O)O)SC1S. The zero-order valence-corrected chi connectivity index (χ0v) is 30.3. The van der Waals surface area contributed by atoms with Gasteiger partial charge >= 0.3 is 5.97 Å². The lowest BCUT2D eigenvalue weighted by Gasteiger charge is -2.27. The van der Waals surface area contributed by atoms with E-state index in [1.165, 1.54) is 49.2 Å². The van der Waals surface area contributed by atoms with Crippen molar-refractivity contribution in [3.63, 3.8) is 0 Å². The van der Waals surface area contributed by atoms with E-state index in [1.54, 1.807) is 7.05 Å². The van der Waals surface area contributed by atoms with Crippen molar-refractivity contribution in [3.8, 4) is 0 Å². The molecule has 0 bridgehead atoms. The van der Waals surface area contributed by atoms with Gasteiger partial charge in [0.25, 0.3) is 11.5 Å². The molecule has 256 valence electrons. The zero-order valence-electron chi connectivity index (χ0n) is 27.8. The minimum absolute atomic E-state index is 0.270. The fraction of sp³-hybridized carbons (Fsp3) is 0.195. The standard InChI is InChI=1S/C41H35N3O4S3/c1-42-39(48)37(51-41(42)49)40-43(24-36(45)46)38(47)35(50-40)23-26-17-20-34-32(22-26)30-13-8-14-33(30)44(34)29-18-15-25(16-19-29)21-31(27-9-4-2-5-10-27)28-11-6-3-7-12-28/h2-7,9-12,15-23,30,33,41,49H,8,13-14,24H2,1H3,(H,45,46)/b35-23+,40-37+. The molecule has 1 amide bonds. The maximum Gasteiger partial charge on any atom is 0.323 e. The Bertz CT molecular complexity index is 2330. The topological polar surface area (TPSA) is 82.9 Å². The van der Waals surface area contributed by atoms with Crippen LogP contribution in [0.2, 0.25) is 0 Å². The van der Waals surface area contributed by atoms with Crippen LogP contribution < -0.4 is 19.7 Å². The van der Waals surface area contributed by atoms with Crippen molar-refractivity contribution in [2.24, 2.45) is 0 Å². The van der Waals surface area contributed by atoms with Crippen LogP contribution in [0.1, 0.15) is 53.0 Å². The molecule has 5 aromatic rings. The Balaban J connectivity index is 1.15. The van der Waals surface area contributed by atoms with Crippen LogP contribution in [-0.2, 0) is 16.1 Å². The molecule has 0 radical (unpaired) electrons. The van der Waals surface area contributed by atoms with Gasteiger partial charge in [-0.05, 0) is 82.6 Å². The van der Waals surface area contributed by atoms with Gasteiger partial charge in [-0.3, -0.25) is 19.0 Å². The van der Waals surface area contributed by atoms with Crippen LogP contribution in [0, 0.1) is 0 Å². The van der Waals surface area contributed by atoms with E-state index in [4.69, 9.17) is 0 Å². The first kappa shape index (κ1) is 33.4. The Morgan fingerprint density at radius 2 is 1.57 bits per heavy atom. The van der Waals surface area contributed by atoms with E-state index in [1.807, 2.05) is 24.3 Å². The highest BCUT2D eigenvalue weighted by Gasteiger charge is 2.42. The van der Waals surface area contributed by atoms with Gasteiger partial charge in [0, 0.05) is 30.4 Å². The van der Waals surface area contributed by atoms with Crippen molar-refractivity contribution in [2.75, 3.05) is 11.9 Å². The molecule has 7 nitrogen and oxygen atoms in total. The number of carbonyl (C=O) groups is 2. The second kappa shape index (κ2) is 13.7. The van der Waals surface area contributed by atoms with Crippen molar-refractivity contribution in [1.82, 2.24) is 9.47 Å². The molecule has 3 heterocycles. The van der Waals surface area contributed by atoms with E-state index < -0.39 is 22.8 Å². The summed E-state index contributed by atoms with van der Waals surface area (Å²) in [5.41, 5.74) is 8.71. The molecule has 3 aliphatic rings. The minimum atomic E-state index is -1.14. The van der Waals surface area contributed by atoms with E-state index in [0.29, 0.717) is 26.1 Å². The number of anilines is 2. The summed E-state index contributed by atoms with van der Waals surface area (Å²) < 4.78 is 1.54. The number of carbonyl (C=O) groups excluding carboxylic acids is 1. The van der Waals surface area contributed by atoms with Crippen molar-refractivity contribution < 1.29 is 14.7 Å². The second-order valence-corrected chi connectivity index (χ2v) is 16.0. The zero-order chi connectivity index (χ0) is 35.2. The second-order valence-electron chi connectivity index (χ2n) is 13.1. The average Bonchev–Trinajstić information content (AvgIpc) is 3.88. The molecular weight excluding hydrogens is 695 g/mol. The highest BCUT2D eigenvalue weighted by atomic mass is 32.2. The third kappa shape index (κ3) is 6.26. The Labute approximate surface area is 309 Å². The Hall–Kier alpha value is -4.77. The molecule has 3 unspecified atom stereocenters. The van der Waals surface area contributed by atoms with E-state index in [0.717, 1.165) is 47.4 Å². The molecule has 4 aromatic carbocycles. The Kier molecular flexibility index (Phi) is 9.00. The monoisotopic (exact) mass is 729 g/mol. The summed E-state index contributed by atoms with van der Waals surface area (Å²) in [7, 11) is 1.64. The predicted molar refractivity (Wildman–Crippen MR) is 211 cm³/mol. The van der Waals surface area contributed by atoms with Gasteiger partial charge < -0.3 is 14.9 Å². The molecule has 0 spiro atoms. The number of hydrogen-bond donors (Lipinski definition) is 2. The number of benzene rings is 4. The number of thiazole rings is 1. The number of thiol groups is 1. The molecule has 10 heteroatoms. The number of carboxylic acids is 1. The van der Waals surface area contributed by atoms with E-state index in [9.17, 15) is 19.5 Å². The van der Waals surface area contributed by atoms with Crippen LogP contribution in [0.15, 0.2) is 108 Å². The smallest absolute Gasteiger partial charge is 0.323 e. The van der Waals surface area contributed by atoms with Gasteiger partial charge in [-0.1, -0.05) is 97.0 Å². The van der Waals surface area contributed by atoms with Crippen molar-refractivity contribution >= 4 is 81.6 Å². The van der Waals surface area contributed by atoms with Crippen LogP contribution in [0.5, 0.6) is 0 Å². The van der Waals surface area contributed by atoms with E-state index in [-0.39, 0.29) is 5.91 Å². The molecule has 1 aromatic heterocycles. The maximum atomic E-state index is 13.6. The van der Waals surface area contributed by atoms with Crippen LogP contribution in [-0.4, -0.2) is 44.2 Å². The number of fused-ring (bicyclic) bond motifs is 3. The number of thioether (sulfide) groups is 1. The molecule has 1 N–H and O–H groups in total. The molecule has 51 heavy (non-hydrogen) atoms. The van der Waals surface area contributed by atoms with Gasteiger partial charge in [-0.15, -0.1) is 24.0 Å². The predicted octanol–water partition coefficient (Wildman–Crippen LogP) is 6.73.